The summed E-state index contributed by atoms with van der Waals surface area (Å²) in [5.41, 5.74) is 0.399. The molecule has 0 aliphatic carbocycles. The number of nitriles is 1. The second-order valence-corrected chi connectivity index (χ2v) is 3.50. The molecule has 0 aliphatic rings. The summed E-state index contributed by atoms with van der Waals surface area (Å²) < 4.78 is 25.9. The smallest absolute Gasteiger partial charge is 0.205 e. The van der Waals surface area contributed by atoms with E-state index >= 15 is 0 Å². The molecule has 2 aromatic carbocycles. The lowest BCUT2D eigenvalue weighted by atomic mass is 9.98. The normalized spacial score (nSPS) is 10.6. The van der Waals surface area contributed by atoms with Crippen LogP contribution in [0.25, 0.3) is 10.8 Å². The van der Waals surface area contributed by atoms with Crippen LogP contribution in [-0.2, 0) is 6.42 Å². The highest BCUT2D eigenvalue weighted by Gasteiger charge is 2.16. The number of benzene rings is 2. The highest BCUT2D eigenvalue weighted by Crippen LogP contribution is 2.31. The van der Waals surface area contributed by atoms with Crippen molar-refractivity contribution < 1.29 is 8.78 Å². The number of halogens is 2. The molecule has 0 spiro atoms. The van der Waals surface area contributed by atoms with E-state index in [0.717, 1.165) is 5.39 Å². The summed E-state index contributed by atoms with van der Waals surface area (Å²) in [6.07, 6.45) is -2.53. The lowest BCUT2D eigenvalue weighted by Crippen LogP contribution is -1.95. The Hall–Kier alpha value is -1.95. The predicted molar refractivity (Wildman–Crippen MR) is 58.2 cm³/mol. The zero-order valence-corrected chi connectivity index (χ0v) is 8.45. The fourth-order valence-electron chi connectivity index (χ4n) is 1.84. The summed E-state index contributed by atoms with van der Waals surface area (Å²) in [5.74, 6) is 0. The van der Waals surface area contributed by atoms with Crippen molar-refractivity contribution in [3.63, 3.8) is 0 Å². The van der Waals surface area contributed by atoms with Crippen LogP contribution in [0, 0.1) is 11.3 Å². The maximum Gasteiger partial charge on any atom is 0.264 e. The van der Waals surface area contributed by atoms with Gasteiger partial charge < -0.3 is 0 Å². The van der Waals surface area contributed by atoms with Gasteiger partial charge in [0.1, 0.15) is 0 Å². The highest BCUT2D eigenvalue weighted by molar-refractivity contribution is 5.87. The van der Waals surface area contributed by atoms with E-state index in [1.54, 1.807) is 30.3 Å². The monoisotopic (exact) mass is 217 g/mol. The number of hydrogen-bond donors (Lipinski definition) is 0. The maximum atomic E-state index is 13.0. The molecule has 3 heteroatoms. The molecular weight excluding hydrogens is 208 g/mol. The van der Waals surface area contributed by atoms with Gasteiger partial charge in [0.25, 0.3) is 6.43 Å². The molecule has 2 rings (SSSR count). The first-order chi connectivity index (χ1) is 7.74. The van der Waals surface area contributed by atoms with Gasteiger partial charge in [-0.25, -0.2) is 8.78 Å². The van der Waals surface area contributed by atoms with Gasteiger partial charge in [-0.1, -0.05) is 36.4 Å². The molecule has 0 saturated heterocycles. The quantitative estimate of drug-likeness (QED) is 0.749. The number of nitrogens with zero attached hydrogens (tertiary/aromatic N) is 1. The number of hydrogen-bond acceptors (Lipinski definition) is 1. The highest BCUT2D eigenvalue weighted by atomic mass is 19.3. The third-order valence-corrected chi connectivity index (χ3v) is 2.55. The van der Waals surface area contributed by atoms with Gasteiger partial charge in [-0.05, 0) is 16.3 Å². The topological polar surface area (TPSA) is 23.8 Å². The SMILES string of the molecule is N#CCc1ccc2ccccc2c1C(F)F. The number of rotatable bonds is 2. The molecule has 0 saturated carbocycles. The molecule has 1 nitrogen and oxygen atoms in total. The van der Waals surface area contributed by atoms with Crippen molar-refractivity contribution in [2.75, 3.05) is 0 Å². The Labute approximate surface area is 91.9 Å². The predicted octanol–water partition coefficient (Wildman–Crippen LogP) is 3.84. The Morgan fingerprint density at radius 2 is 1.88 bits per heavy atom. The van der Waals surface area contributed by atoms with Crippen molar-refractivity contribution >= 4 is 10.8 Å². The van der Waals surface area contributed by atoms with E-state index in [4.69, 9.17) is 5.26 Å². The van der Waals surface area contributed by atoms with E-state index in [9.17, 15) is 8.78 Å². The van der Waals surface area contributed by atoms with E-state index in [2.05, 4.69) is 0 Å². The first kappa shape index (κ1) is 10.6. The largest absolute Gasteiger partial charge is 0.264 e. The zero-order valence-electron chi connectivity index (χ0n) is 8.45. The van der Waals surface area contributed by atoms with Gasteiger partial charge in [0, 0.05) is 5.56 Å². The molecular formula is C13H9F2N. The van der Waals surface area contributed by atoms with Gasteiger partial charge in [-0.3, -0.25) is 0 Å². The fourth-order valence-corrected chi connectivity index (χ4v) is 1.84. The summed E-state index contributed by atoms with van der Waals surface area (Å²) in [6, 6.07) is 12.3. The van der Waals surface area contributed by atoms with Crippen LogP contribution >= 0.6 is 0 Å². The number of fused-ring (bicyclic) bond motifs is 1. The van der Waals surface area contributed by atoms with Crippen LogP contribution in [0.5, 0.6) is 0 Å². The van der Waals surface area contributed by atoms with Crippen molar-refractivity contribution in [3.05, 3.63) is 47.5 Å². The zero-order chi connectivity index (χ0) is 11.5. The summed E-state index contributed by atoms with van der Waals surface area (Å²) in [4.78, 5) is 0. The molecule has 0 atom stereocenters. The van der Waals surface area contributed by atoms with Crippen molar-refractivity contribution in [2.45, 2.75) is 12.8 Å². The van der Waals surface area contributed by atoms with Gasteiger partial charge in [0.2, 0.25) is 0 Å². The van der Waals surface area contributed by atoms with E-state index < -0.39 is 6.43 Å². The summed E-state index contributed by atoms with van der Waals surface area (Å²) in [6.45, 7) is 0. The molecule has 0 radical (unpaired) electrons. The minimum Gasteiger partial charge on any atom is -0.205 e. The van der Waals surface area contributed by atoms with Crippen LogP contribution in [0.15, 0.2) is 36.4 Å². The fraction of sp³-hybridized carbons (Fsp3) is 0.154. The molecule has 80 valence electrons. The lowest BCUT2D eigenvalue weighted by molar-refractivity contribution is 0.152. The van der Waals surface area contributed by atoms with E-state index in [0.29, 0.717) is 10.9 Å². The lowest BCUT2D eigenvalue weighted by Gasteiger charge is -2.10. The third kappa shape index (κ3) is 1.74. The van der Waals surface area contributed by atoms with Crippen LogP contribution in [0.2, 0.25) is 0 Å². The summed E-state index contributed by atoms with van der Waals surface area (Å²) in [5, 5.41) is 9.91. The molecule has 0 heterocycles. The molecule has 16 heavy (non-hydrogen) atoms. The second-order valence-electron chi connectivity index (χ2n) is 3.50. The molecule has 0 amide bonds. The van der Waals surface area contributed by atoms with Gasteiger partial charge in [0.05, 0.1) is 12.5 Å². The van der Waals surface area contributed by atoms with E-state index in [-0.39, 0.29) is 12.0 Å². The molecule has 2 aromatic rings. The van der Waals surface area contributed by atoms with Gasteiger partial charge >= 0.3 is 0 Å². The molecule has 0 aliphatic heterocycles. The average Bonchev–Trinajstić information content (AvgIpc) is 2.28. The Morgan fingerprint density at radius 3 is 2.56 bits per heavy atom. The van der Waals surface area contributed by atoms with Crippen LogP contribution in [0.4, 0.5) is 8.78 Å². The Balaban J connectivity index is 2.75. The maximum absolute atomic E-state index is 13.0. The minimum absolute atomic E-state index is 0.0142. The third-order valence-electron chi connectivity index (χ3n) is 2.55. The minimum atomic E-state index is -2.55. The Kier molecular flexibility index (Phi) is 2.82. The van der Waals surface area contributed by atoms with E-state index in [1.807, 2.05) is 12.1 Å². The molecule has 0 fully saturated rings. The molecule has 0 bridgehead atoms. The second kappa shape index (κ2) is 4.28. The van der Waals surface area contributed by atoms with Crippen molar-refractivity contribution in [3.8, 4) is 6.07 Å². The Morgan fingerprint density at radius 1 is 1.12 bits per heavy atom. The van der Waals surface area contributed by atoms with Gasteiger partial charge in [-0.2, -0.15) is 5.26 Å². The van der Waals surface area contributed by atoms with Gasteiger partial charge in [0.15, 0.2) is 0 Å². The first-order valence-electron chi connectivity index (χ1n) is 4.89. The molecule has 0 N–H and O–H groups in total. The molecule has 0 unspecified atom stereocenters. The van der Waals surface area contributed by atoms with Crippen LogP contribution in [-0.4, -0.2) is 0 Å². The average molecular weight is 217 g/mol. The summed E-state index contributed by atoms with van der Waals surface area (Å²) in [7, 11) is 0. The van der Waals surface area contributed by atoms with E-state index in [1.165, 1.54) is 0 Å². The van der Waals surface area contributed by atoms with Crippen molar-refractivity contribution in [1.29, 1.82) is 5.26 Å². The summed E-state index contributed by atoms with van der Waals surface area (Å²) >= 11 is 0. The number of alkyl halides is 2. The van der Waals surface area contributed by atoms with Crippen LogP contribution < -0.4 is 0 Å². The van der Waals surface area contributed by atoms with Crippen LogP contribution in [0.1, 0.15) is 17.6 Å². The van der Waals surface area contributed by atoms with Crippen molar-refractivity contribution in [1.82, 2.24) is 0 Å². The Bertz CT molecular complexity index is 555. The van der Waals surface area contributed by atoms with Gasteiger partial charge in [-0.15, -0.1) is 0 Å². The molecule has 0 aromatic heterocycles. The van der Waals surface area contributed by atoms with Crippen molar-refractivity contribution in [2.24, 2.45) is 0 Å². The first-order valence-corrected chi connectivity index (χ1v) is 4.89. The standard InChI is InChI=1S/C13H9F2N/c14-13(15)12-10(7-8-16)6-5-9-3-1-2-4-11(9)12/h1-6,13H,7H2. The van der Waals surface area contributed by atoms with Crippen LogP contribution in [0.3, 0.4) is 0 Å².